The molecule has 4 N–H and O–H groups in total. The van der Waals surface area contributed by atoms with Crippen LogP contribution in [0.5, 0.6) is 0 Å². The highest BCUT2D eigenvalue weighted by atomic mass is 32.2. The number of rotatable bonds is 5. The van der Waals surface area contributed by atoms with Crippen LogP contribution < -0.4 is 10.5 Å². The Kier molecular flexibility index (Phi) is 6.22. The lowest BCUT2D eigenvalue weighted by Crippen LogP contribution is -2.51. The number of fused-ring (bicyclic) bond motifs is 1. The third-order valence-corrected chi connectivity index (χ3v) is 8.70. The molecule has 3 heterocycles. The summed E-state index contributed by atoms with van der Waals surface area (Å²) in [6, 6.07) is 10.1. The van der Waals surface area contributed by atoms with Crippen molar-refractivity contribution in [3.63, 3.8) is 0 Å². The van der Waals surface area contributed by atoms with E-state index in [4.69, 9.17) is 9.93 Å². The molecule has 1 aliphatic heterocycles. The smallest absolute Gasteiger partial charge is 0.240 e. The molecule has 1 aliphatic rings. The Morgan fingerprint density at radius 1 is 1.00 bits per heavy atom. The number of hydrogen-bond donors (Lipinski definition) is 3. The van der Waals surface area contributed by atoms with Gasteiger partial charge in [-0.1, -0.05) is 18.2 Å². The Morgan fingerprint density at radius 2 is 1.76 bits per heavy atom. The molecule has 0 bridgehead atoms. The average Bonchev–Trinajstić information content (AvgIpc) is 3.32. The molecule has 34 heavy (non-hydrogen) atoms. The van der Waals surface area contributed by atoms with E-state index in [1.807, 2.05) is 25.0 Å². The van der Waals surface area contributed by atoms with Gasteiger partial charge in [0.15, 0.2) is 9.84 Å². The number of nitrogens with zero attached hydrogens (tertiary/aromatic N) is 4. The molecule has 0 radical (unpaired) electrons. The number of pyridine rings is 1. The molecule has 0 atom stereocenters. The molecule has 0 unspecified atom stereocenters. The molecule has 0 saturated carbocycles. The fraction of sp³-hybridized carbons (Fsp3) is 0.150. The lowest BCUT2D eigenvalue weighted by Gasteiger charge is -2.28. The second-order valence-electron chi connectivity index (χ2n) is 7.36. The standard InChI is InChI=1S/C19H17N7O4S2.CH2O/c20-32(29,30)18-16(31(27,28)14-9-22-10-14)4-3-15(17(18)19-23-25-26-24-19)12-2-1-11-5-6-21-8-13(11)7-12;1-2/h1-8,14,22H,9-10H2,(H2,20,29,30)(H,23,24,25,26);1H2. The second-order valence-corrected chi connectivity index (χ2v) is 11.1. The summed E-state index contributed by atoms with van der Waals surface area (Å²) in [6.07, 6.45) is 3.34. The quantitative estimate of drug-likeness (QED) is 0.342. The van der Waals surface area contributed by atoms with E-state index in [1.165, 1.54) is 12.1 Å². The minimum Gasteiger partial charge on any atom is -0.314 e. The predicted octanol–water partition coefficient (Wildman–Crippen LogP) is 0.290. The van der Waals surface area contributed by atoms with Crippen LogP contribution in [0.1, 0.15) is 0 Å². The molecule has 0 amide bonds. The summed E-state index contributed by atoms with van der Waals surface area (Å²) in [5, 5.41) is 23.1. The van der Waals surface area contributed by atoms with Crippen LogP contribution in [0.15, 0.2) is 58.6 Å². The van der Waals surface area contributed by atoms with E-state index in [1.54, 1.807) is 18.5 Å². The summed E-state index contributed by atoms with van der Waals surface area (Å²) in [7, 11) is -8.48. The second kappa shape index (κ2) is 8.98. The van der Waals surface area contributed by atoms with Crippen LogP contribution >= 0.6 is 0 Å². The predicted molar refractivity (Wildman–Crippen MR) is 123 cm³/mol. The molecule has 0 aliphatic carbocycles. The van der Waals surface area contributed by atoms with Crippen LogP contribution in [0.25, 0.3) is 33.3 Å². The molecule has 176 valence electrons. The molecule has 5 rings (SSSR count). The third-order valence-electron chi connectivity index (χ3n) is 5.42. The Bertz CT molecular complexity index is 1570. The largest absolute Gasteiger partial charge is 0.314 e. The van der Waals surface area contributed by atoms with Crippen molar-refractivity contribution in [3.05, 3.63) is 48.8 Å². The molecule has 1 fully saturated rings. The number of aromatic amines is 1. The minimum absolute atomic E-state index is 0.0298. The fourth-order valence-electron chi connectivity index (χ4n) is 3.71. The van der Waals surface area contributed by atoms with Crippen molar-refractivity contribution >= 4 is 37.4 Å². The average molecular weight is 502 g/mol. The molecule has 1 saturated heterocycles. The highest BCUT2D eigenvalue weighted by molar-refractivity contribution is 7.94. The van der Waals surface area contributed by atoms with Gasteiger partial charge in [0.05, 0.1) is 15.7 Å². The zero-order chi connectivity index (χ0) is 24.5. The lowest BCUT2D eigenvalue weighted by molar-refractivity contribution is -0.0980. The summed E-state index contributed by atoms with van der Waals surface area (Å²) < 4.78 is 51.9. The summed E-state index contributed by atoms with van der Waals surface area (Å²) in [5.41, 5.74) is 0.981. The van der Waals surface area contributed by atoms with Crippen molar-refractivity contribution in [1.82, 2.24) is 30.9 Å². The molecular weight excluding hydrogens is 482 g/mol. The van der Waals surface area contributed by atoms with E-state index >= 15 is 0 Å². The Balaban J connectivity index is 0.00000133. The van der Waals surface area contributed by atoms with Crippen molar-refractivity contribution in [2.24, 2.45) is 5.14 Å². The number of H-pyrrole nitrogens is 1. The molecular formula is C20H19N7O5S2. The molecule has 14 heteroatoms. The summed E-state index contributed by atoms with van der Waals surface area (Å²) in [6.45, 7) is 2.45. The van der Waals surface area contributed by atoms with E-state index in [-0.39, 0.29) is 29.4 Å². The zero-order valence-electron chi connectivity index (χ0n) is 17.5. The first-order chi connectivity index (χ1) is 16.3. The third kappa shape index (κ3) is 4.07. The number of carbonyl (C=O) groups is 1. The number of sulfonamides is 1. The Labute approximate surface area is 194 Å². The normalized spacial score (nSPS) is 14.3. The number of sulfone groups is 1. The first-order valence-corrected chi connectivity index (χ1v) is 12.9. The van der Waals surface area contributed by atoms with Crippen LogP contribution in [-0.4, -0.2) is 67.6 Å². The number of benzene rings is 2. The first-order valence-electron chi connectivity index (χ1n) is 9.78. The Morgan fingerprint density at radius 3 is 2.38 bits per heavy atom. The van der Waals surface area contributed by atoms with Crippen molar-refractivity contribution in [2.45, 2.75) is 15.0 Å². The van der Waals surface area contributed by atoms with E-state index in [0.29, 0.717) is 11.1 Å². The van der Waals surface area contributed by atoms with Gasteiger partial charge >= 0.3 is 0 Å². The van der Waals surface area contributed by atoms with Gasteiger partial charge in [0.2, 0.25) is 15.8 Å². The lowest BCUT2D eigenvalue weighted by atomic mass is 9.97. The molecule has 2 aromatic heterocycles. The number of tetrazole rings is 1. The highest BCUT2D eigenvalue weighted by Gasteiger charge is 2.38. The van der Waals surface area contributed by atoms with E-state index in [9.17, 15) is 16.8 Å². The van der Waals surface area contributed by atoms with Crippen molar-refractivity contribution in [2.75, 3.05) is 13.1 Å². The number of aromatic nitrogens is 5. The molecule has 4 aromatic rings. The van der Waals surface area contributed by atoms with Gasteiger partial charge in [0.25, 0.3) is 0 Å². The fourth-order valence-corrected chi connectivity index (χ4v) is 6.90. The van der Waals surface area contributed by atoms with Gasteiger partial charge in [-0.3, -0.25) is 4.98 Å². The zero-order valence-corrected chi connectivity index (χ0v) is 19.2. The number of nitrogens with one attached hydrogen (secondary N) is 2. The minimum atomic E-state index is -4.50. The maximum absolute atomic E-state index is 13.2. The highest BCUT2D eigenvalue weighted by Crippen LogP contribution is 2.40. The van der Waals surface area contributed by atoms with Crippen LogP contribution in [-0.2, 0) is 24.7 Å². The van der Waals surface area contributed by atoms with Crippen LogP contribution in [0.4, 0.5) is 0 Å². The van der Waals surface area contributed by atoms with Gasteiger partial charge < -0.3 is 10.1 Å². The van der Waals surface area contributed by atoms with Gasteiger partial charge in [0, 0.05) is 30.9 Å². The number of carbonyl (C=O) groups excluding carboxylic acids is 1. The SMILES string of the molecule is C=O.NS(=O)(=O)c1c(S(=O)(=O)C2CNC2)ccc(-c2ccc3ccncc3c2)c1-c1nn[nH]n1. The van der Waals surface area contributed by atoms with Gasteiger partial charge in [-0.2, -0.15) is 5.21 Å². The summed E-state index contributed by atoms with van der Waals surface area (Å²) in [4.78, 5) is 11.2. The van der Waals surface area contributed by atoms with Gasteiger partial charge in [0.1, 0.15) is 11.7 Å². The van der Waals surface area contributed by atoms with Crippen molar-refractivity contribution in [1.29, 1.82) is 0 Å². The van der Waals surface area contributed by atoms with E-state index in [0.717, 1.165) is 10.8 Å². The summed E-state index contributed by atoms with van der Waals surface area (Å²) in [5.74, 6) is -0.0842. The Hall–Kier alpha value is -3.59. The van der Waals surface area contributed by atoms with E-state index < -0.39 is 30.0 Å². The maximum atomic E-state index is 13.2. The van der Waals surface area contributed by atoms with Crippen LogP contribution in [0.3, 0.4) is 0 Å². The van der Waals surface area contributed by atoms with Gasteiger partial charge in [-0.05, 0) is 39.9 Å². The summed E-state index contributed by atoms with van der Waals surface area (Å²) >= 11 is 0. The first kappa shape index (κ1) is 23.6. The number of primary sulfonamides is 1. The maximum Gasteiger partial charge on any atom is 0.240 e. The molecule has 0 spiro atoms. The molecule has 2 aromatic carbocycles. The van der Waals surface area contributed by atoms with Crippen LogP contribution in [0, 0.1) is 0 Å². The van der Waals surface area contributed by atoms with Crippen molar-refractivity contribution < 1.29 is 21.6 Å². The van der Waals surface area contributed by atoms with Gasteiger partial charge in [-0.15, -0.1) is 10.2 Å². The monoisotopic (exact) mass is 501 g/mol. The molecule has 12 nitrogen and oxygen atoms in total. The number of hydrogen-bond acceptors (Lipinski definition) is 10. The van der Waals surface area contributed by atoms with Gasteiger partial charge in [-0.25, -0.2) is 22.0 Å². The van der Waals surface area contributed by atoms with Crippen molar-refractivity contribution in [3.8, 4) is 22.5 Å². The topological polar surface area (TPSA) is 191 Å². The van der Waals surface area contributed by atoms with E-state index in [2.05, 4.69) is 30.9 Å². The number of nitrogens with two attached hydrogens (primary N) is 1. The van der Waals surface area contributed by atoms with Crippen LogP contribution in [0.2, 0.25) is 0 Å².